The van der Waals surface area contributed by atoms with Gasteiger partial charge in [0, 0.05) is 18.8 Å². The molecule has 1 saturated heterocycles. The summed E-state index contributed by atoms with van der Waals surface area (Å²) in [5, 5.41) is 3.73. The van der Waals surface area contributed by atoms with Crippen LogP contribution < -0.4 is 5.32 Å². The molecule has 0 saturated carbocycles. The van der Waals surface area contributed by atoms with Gasteiger partial charge >= 0.3 is 0 Å². The van der Waals surface area contributed by atoms with Gasteiger partial charge in [0.05, 0.1) is 21.7 Å². The van der Waals surface area contributed by atoms with Crippen molar-refractivity contribution in [1.29, 1.82) is 0 Å². The molecule has 162 valence electrons. The smallest absolute Gasteiger partial charge is 0.228 e. The molecule has 1 aliphatic rings. The monoisotopic (exact) mass is 468 g/mol. The lowest BCUT2D eigenvalue weighted by Crippen LogP contribution is -2.44. The number of carbonyl (C=O) groups excluding carboxylic acids is 1. The molecule has 5 nitrogen and oxygen atoms in total. The summed E-state index contributed by atoms with van der Waals surface area (Å²) in [7, 11) is -3.58. The Balaban J connectivity index is 1.71. The summed E-state index contributed by atoms with van der Waals surface area (Å²) in [6, 6.07) is 8.86. The molecular weight excluding hydrogens is 443 g/mol. The molecule has 30 heavy (non-hydrogen) atoms. The van der Waals surface area contributed by atoms with Crippen LogP contribution in [0.15, 0.2) is 30.3 Å². The Morgan fingerprint density at radius 3 is 2.40 bits per heavy atom. The molecule has 0 radical (unpaired) electrons. The molecule has 2 aromatic rings. The number of piperidine rings is 1. The van der Waals surface area contributed by atoms with Crippen molar-refractivity contribution in [2.45, 2.75) is 39.4 Å². The van der Waals surface area contributed by atoms with Crippen LogP contribution in [0.2, 0.25) is 10.0 Å². The molecule has 1 aliphatic heterocycles. The summed E-state index contributed by atoms with van der Waals surface area (Å²) in [5.74, 6) is -0.698. The van der Waals surface area contributed by atoms with Crippen LogP contribution in [-0.4, -0.2) is 31.7 Å². The SMILES string of the molecule is Cc1cc(C)c(NC(=O)C2CCCN(S(=O)(=O)Cc3ccc(Cl)c(Cl)c3)C2)c(C)c1. The minimum Gasteiger partial charge on any atom is -0.325 e. The first kappa shape index (κ1) is 23.1. The van der Waals surface area contributed by atoms with Gasteiger partial charge in [-0.15, -0.1) is 0 Å². The number of amides is 1. The van der Waals surface area contributed by atoms with E-state index in [4.69, 9.17) is 23.2 Å². The van der Waals surface area contributed by atoms with Gasteiger partial charge in [-0.05, 0) is 62.4 Å². The highest BCUT2D eigenvalue weighted by molar-refractivity contribution is 7.88. The summed E-state index contributed by atoms with van der Waals surface area (Å²) < 4.78 is 27.3. The highest BCUT2D eigenvalue weighted by Crippen LogP contribution is 2.27. The van der Waals surface area contributed by atoms with Gasteiger partial charge in [-0.3, -0.25) is 4.79 Å². The van der Waals surface area contributed by atoms with Crippen molar-refractivity contribution in [3.8, 4) is 0 Å². The summed E-state index contributed by atoms with van der Waals surface area (Å²) in [4.78, 5) is 12.9. The van der Waals surface area contributed by atoms with E-state index >= 15 is 0 Å². The number of carbonyl (C=O) groups is 1. The van der Waals surface area contributed by atoms with Crippen LogP contribution in [0, 0.1) is 26.7 Å². The van der Waals surface area contributed by atoms with E-state index in [1.54, 1.807) is 18.2 Å². The van der Waals surface area contributed by atoms with Gasteiger partial charge in [0.25, 0.3) is 0 Å². The van der Waals surface area contributed by atoms with E-state index in [1.165, 1.54) is 4.31 Å². The van der Waals surface area contributed by atoms with Crippen molar-refractivity contribution in [2.24, 2.45) is 5.92 Å². The first-order chi connectivity index (χ1) is 14.1. The molecule has 1 heterocycles. The fourth-order valence-electron chi connectivity index (χ4n) is 3.94. The minimum absolute atomic E-state index is 0.139. The van der Waals surface area contributed by atoms with Gasteiger partial charge in [0.1, 0.15) is 0 Å². The van der Waals surface area contributed by atoms with Crippen LogP contribution in [0.25, 0.3) is 0 Å². The molecular formula is C22H26Cl2N2O3S. The maximum absolute atomic E-state index is 12.9. The van der Waals surface area contributed by atoms with Gasteiger partial charge < -0.3 is 5.32 Å². The maximum Gasteiger partial charge on any atom is 0.228 e. The molecule has 0 bridgehead atoms. The van der Waals surface area contributed by atoms with Crippen LogP contribution >= 0.6 is 23.2 Å². The first-order valence-electron chi connectivity index (χ1n) is 9.87. The normalized spacial score (nSPS) is 17.7. The maximum atomic E-state index is 12.9. The number of rotatable bonds is 5. The van der Waals surface area contributed by atoms with Crippen LogP contribution in [-0.2, 0) is 20.6 Å². The van der Waals surface area contributed by atoms with E-state index in [2.05, 4.69) is 5.32 Å². The van der Waals surface area contributed by atoms with Crippen molar-refractivity contribution in [2.75, 3.05) is 18.4 Å². The Morgan fingerprint density at radius 2 is 1.77 bits per heavy atom. The summed E-state index contributed by atoms with van der Waals surface area (Å²) in [5.41, 5.74) is 4.52. The van der Waals surface area contributed by atoms with E-state index < -0.39 is 10.0 Å². The number of hydrogen-bond donors (Lipinski definition) is 1. The molecule has 3 rings (SSSR count). The number of sulfonamides is 1. The third-order valence-electron chi connectivity index (χ3n) is 5.41. The largest absolute Gasteiger partial charge is 0.325 e. The molecule has 1 fully saturated rings. The Bertz CT molecular complexity index is 1050. The van der Waals surface area contributed by atoms with Gasteiger partial charge in [-0.2, -0.15) is 0 Å². The quantitative estimate of drug-likeness (QED) is 0.663. The van der Waals surface area contributed by atoms with Gasteiger partial charge in [-0.25, -0.2) is 12.7 Å². The van der Waals surface area contributed by atoms with E-state index in [9.17, 15) is 13.2 Å². The third-order valence-corrected chi connectivity index (χ3v) is 7.96. The number of halogens is 2. The zero-order chi connectivity index (χ0) is 22.1. The standard InChI is InChI=1S/C22H26Cl2N2O3S/c1-14-9-15(2)21(16(3)10-14)25-22(27)18-5-4-8-26(12-18)30(28,29)13-17-6-7-19(23)20(24)11-17/h6-7,9-11,18H,4-5,8,12-13H2,1-3H3,(H,25,27). The molecule has 0 spiro atoms. The molecule has 2 aromatic carbocycles. The number of hydrogen-bond acceptors (Lipinski definition) is 3. The van der Waals surface area contributed by atoms with Crippen molar-refractivity contribution >= 4 is 44.8 Å². The number of nitrogens with zero attached hydrogens (tertiary/aromatic N) is 1. The van der Waals surface area contributed by atoms with Crippen molar-refractivity contribution in [1.82, 2.24) is 4.31 Å². The Morgan fingerprint density at radius 1 is 1.10 bits per heavy atom. The lowest BCUT2D eigenvalue weighted by Gasteiger charge is -2.31. The van der Waals surface area contributed by atoms with E-state index in [1.807, 2.05) is 32.9 Å². The van der Waals surface area contributed by atoms with Crippen molar-refractivity contribution in [3.05, 3.63) is 62.6 Å². The second-order valence-corrected chi connectivity index (χ2v) is 10.7. The van der Waals surface area contributed by atoms with Crippen molar-refractivity contribution < 1.29 is 13.2 Å². The Hall–Kier alpha value is -1.60. The summed E-state index contributed by atoms with van der Waals surface area (Å²) in [6.45, 7) is 6.54. The van der Waals surface area contributed by atoms with Gasteiger partial charge in [-0.1, -0.05) is 47.0 Å². The fraction of sp³-hybridized carbons (Fsp3) is 0.409. The molecule has 1 atom stereocenters. The number of nitrogens with one attached hydrogen (secondary N) is 1. The summed E-state index contributed by atoms with van der Waals surface area (Å²) in [6.07, 6.45) is 1.30. The molecule has 8 heteroatoms. The fourth-order valence-corrected chi connectivity index (χ4v) is 5.86. The average molecular weight is 469 g/mol. The van der Waals surface area contributed by atoms with Crippen LogP contribution in [0.1, 0.15) is 35.1 Å². The highest BCUT2D eigenvalue weighted by atomic mass is 35.5. The van der Waals surface area contributed by atoms with Crippen LogP contribution in [0.3, 0.4) is 0 Å². The Kier molecular flexibility index (Phi) is 7.13. The van der Waals surface area contributed by atoms with Crippen molar-refractivity contribution in [3.63, 3.8) is 0 Å². The molecule has 1 amide bonds. The molecule has 1 unspecified atom stereocenters. The summed E-state index contributed by atoms with van der Waals surface area (Å²) >= 11 is 11.9. The number of aryl methyl sites for hydroxylation is 3. The lowest BCUT2D eigenvalue weighted by molar-refractivity contribution is -0.120. The topological polar surface area (TPSA) is 66.5 Å². The molecule has 1 N–H and O–H groups in total. The zero-order valence-electron chi connectivity index (χ0n) is 17.3. The minimum atomic E-state index is -3.58. The van der Waals surface area contributed by atoms with Gasteiger partial charge in [0.15, 0.2) is 0 Å². The van der Waals surface area contributed by atoms with E-state index in [-0.39, 0.29) is 24.1 Å². The zero-order valence-corrected chi connectivity index (χ0v) is 19.7. The lowest BCUT2D eigenvalue weighted by atomic mass is 9.98. The second-order valence-electron chi connectivity index (χ2n) is 7.96. The number of anilines is 1. The van der Waals surface area contributed by atoms with Crippen LogP contribution in [0.4, 0.5) is 5.69 Å². The second kappa shape index (κ2) is 9.27. The van der Waals surface area contributed by atoms with E-state index in [0.717, 1.165) is 22.4 Å². The van der Waals surface area contributed by atoms with E-state index in [0.29, 0.717) is 35.0 Å². The predicted molar refractivity (Wildman–Crippen MR) is 123 cm³/mol. The molecule has 0 aromatic heterocycles. The number of benzene rings is 2. The predicted octanol–water partition coefficient (Wildman–Crippen LogP) is 5.10. The van der Waals surface area contributed by atoms with Gasteiger partial charge in [0.2, 0.25) is 15.9 Å². The Labute approximate surface area is 188 Å². The first-order valence-corrected chi connectivity index (χ1v) is 12.2. The molecule has 0 aliphatic carbocycles. The third kappa shape index (κ3) is 5.35. The highest BCUT2D eigenvalue weighted by Gasteiger charge is 2.32. The van der Waals surface area contributed by atoms with Crippen LogP contribution in [0.5, 0.6) is 0 Å². The average Bonchev–Trinajstić information content (AvgIpc) is 2.67.